The van der Waals surface area contributed by atoms with Gasteiger partial charge in [0.2, 0.25) is 11.9 Å². The number of nitrogens with zero attached hydrogens (tertiary/aromatic N) is 3. The summed E-state index contributed by atoms with van der Waals surface area (Å²) in [7, 11) is 0. The van der Waals surface area contributed by atoms with E-state index in [1.165, 1.54) is 11.8 Å². The van der Waals surface area contributed by atoms with Gasteiger partial charge in [-0.3, -0.25) is 9.36 Å². The second-order valence-electron chi connectivity index (χ2n) is 5.54. The first-order valence-electron chi connectivity index (χ1n) is 7.43. The number of thioether (sulfide) groups is 1. The van der Waals surface area contributed by atoms with Gasteiger partial charge in [0, 0.05) is 11.1 Å². The Kier molecular flexibility index (Phi) is 4.77. The van der Waals surface area contributed by atoms with Crippen molar-refractivity contribution in [1.29, 1.82) is 0 Å². The number of aromatic nitrogens is 3. The molecule has 122 valence electrons. The molecule has 0 saturated heterocycles. The molecule has 1 unspecified atom stereocenters. The molecule has 23 heavy (non-hydrogen) atoms. The van der Waals surface area contributed by atoms with E-state index >= 15 is 0 Å². The van der Waals surface area contributed by atoms with E-state index in [0.29, 0.717) is 22.2 Å². The molecule has 6 nitrogen and oxygen atoms in total. The number of hydrogen-bond acceptors (Lipinski definition) is 5. The Labute approximate surface area is 143 Å². The van der Waals surface area contributed by atoms with E-state index in [9.17, 15) is 4.79 Å². The number of nitrogens with two attached hydrogens (primary N) is 1. The molecule has 1 aliphatic carbocycles. The molecule has 0 aliphatic heterocycles. The van der Waals surface area contributed by atoms with Crippen molar-refractivity contribution < 1.29 is 4.79 Å². The molecule has 1 atom stereocenters. The molecule has 1 aliphatic rings. The molecule has 1 aromatic carbocycles. The van der Waals surface area contributed by atoms with Crippen LogP contribution in [0.15, 0.2) is 29.4 Å². The Morgan fingerprint density at radius 2 is 2.22 bits per heavy atom. The van der Waals surface area contributed by atoms with Crippen molar-refractivity contribution in [3.63, 3.8) is 0 Å². The fourth-order valence-electron chi connectivity index (χ4n) is 2.38. The zero-order valence-electron chi connectivity index (χ0n) is 12.7. The van der Waals surface area contributed by atoms with Gasteiger partial charge in [-0.05, 0) is 31.4 Å². The summed E-state index contributed by atoms with van der Waals surface area (Å²) in [5.41, 5.74) is 6.72. The zero-order valence-corrected chi connectivity index (χ0v) is 14.3. The summed E-state index contributed by atoms with van der Waals surface area (Å²) in [6.07, 6.45) is 2.18. The highest BCUT2D eigenvalue weighted by molar-refractivity contribution is 7.99. The fourth-order valence-corrected chi connectivity index (χ4v) is 3.50. The van der Waals surface area contributed by atoms with Crippen LogP contribution in [0.2, 0.25) is 5.02 Å². The summed E-state index contributed by atoms with van der Waals surface area (Å²) >= 11 is 7.50. The average molecular weight is 352 g/mol. The van der Waals surface area contributed by atoms with E-state index in [-0.39, 0.29) is 17.7 Å². The summed E-state index contributed by atoms with van der Waals surface area (Å²) in [5.74, 6) is 0.603. The fraction of sp³-hybridized carbons (Fsp3) is 0.400. The van der Waals surface area contributed by atoms with Crippen LogP contribution in [-0.4, -0.2) is 26.4 Å². The number of anilines is 1. The van der Waals surface area contributed by atoms with Crippen molar-refractivity contribution in [3.05, 3.63) is 34.9 Å². The number of nitrogen functional groups attached to an aromatic ring is 1. The number of benzene rings is 1. The maximum absolute atomic E-state index is 12.2. The summed E-state index contributed by atoms with van der Waals surface area (Å²) in [4.78, 5) is 12.2. The van der Waals surface area contributed by atoms with E-state index < -0.39 is 0 Å². The molecule has 1 heterocycles. The molecular formula is C15H18ClN5OS. The summed E-state index contributed by atoms with van der Waals surface area (Å²) in [6, 6.07) is 7.73. The van der Waals surface area contributed by atoms with Gasteiger partial charge < -0.3 is 11.1 Å². The summed E-state index contributed by atoms with van der Waals surface area (Å²) < 4.78 is 1.91. The predicted octanol–water partition coefficient (Wildman–Crippen LogP) is 2.82. The van der Waals surface area contributed by atoms with E-state index in [2.05, 4.69) is 15.5 Å². The molecule has 3 rings (SSSR count). The van der Waals surface area contributed by atoms with Crippen molar-refractivity contribution >= 4 is 35.2 Å². The van der Waals surface area contributed by atoms with Gasteiger partial charge in [0.15, 0.2) is 5.16 Å². The number of nitrogens with one attached hydrogen (secondary N) is 1. The van der Waals surface area contributed by atoms with Crippen molar-refractivity contribution in [1.82, 2.24) is 20.1 Å². The molecule has 3 N–H and O–H groups in total. The van der Waals surface area contributed by atoms with Crippen LogP contribution in [0, 0.1) is 0 Å². The Hall–Kier alpha value is -1.73. The van der Waals surface area contributed by atoms with Crippen molar-refractivity contribution in [2.45, 2.75) is 37.0 Å². The lowest BCUT2D eigenvalue weighted by molar-refractivity contribution is -0.119. The van der Waals surface area contributed by atoms with Crippen molar-refractivity contribution in [2.75, 3.05) is 11.5 Å². The predicted molar refractivity (Wildman–Crippen MR) is 91.4 cm³/mol. The first kappa shape index (κ1) is 16.1. The summed E-state index contributed by atoms with van der Waals surface area (Å²) in [6.45, 7) is 1.91. The van der Waals surface area contributed by atoms with Crippen LogP contribution in [0.5, 0.6) is 0 Å². The number of carbonyl (C=O) groups excluding carboxylic acids is 1. The van der Waals surface area contributed by atoms with E-state index in [1.807, 2.05) is 35.8 Å². The van der Waals surface area contributed by atoms with E-state index in [1.54, 1.807) is 0 Å². The molecule has 1 aromatic heterocycles. The molecule has 0 radical (unpaired) electrons. The third kappa shape index (κ3) is 3.79. The van der Waals surface area contributed by atoms with E-state index in [4.69, 9.17) is 17.3 Å². The largest absolute Gasteiger partial charge is 0.368 e. The second-order valence-corrected chi connectivity index (χ2v) is 6.89. The van der Waals surface area contributed by atoms with Gasteiger partial charge in [-0.15, -0.1) is 10.2 Å². The topological polar surface area (TPSA) is 85.8 Å². The quantitative estimate of drug-likeness (QED) is 0.781. The van der Waals surface area contributed by atoms with Gasteiger partial charge in [-0.1, -0.05) is 41.6 Å². The van der Waals surface area contributed by atoms with Gasteiger partial charge >= 0.3 is 0 Å². The molecule has 1 saturated carbocycles. The van der Waals surface area contributed by atoms with E-state index in [0.717, 1.165) is 18.4 Å². The smallest absolute Gasteiger partial charge is 0.230 e. The highest BCUT2D eigenvalue weighted by atomic mass is 35.5. The lowest BCUT2D eigenvalue weighted by atomic mass is 10.1. The minimum absolute atomic E-state index is 0.0775. The van der Waals surface area contributed by atoms with Crippen molar-refractivity contribution in [3.8, 4) is 0 Å². The molecular weight excluding hydrogens is 334 g/mol. The Morgan fingerprint density at radius 3 is 2.91 bits per heavy atom. The van der Waals surface area contributed by atoms with Crippen LogP contribution in [0.1, 0.15) is 37.4 Å². The highest BCUT2D eigenvalue weighted by Crippen LogP contribution is 2.39. The normalized spacial score (nSPS) is 15.4. The number of rotatable bonds is 6. The number of halogens is 1. The zero-order chi connectivity index (χ0) is 16.4. The lowest BCUT2D eigenvalue weighted by Crippen LogP contribution is -2.28. The highest BCUT2D eigenvalue weighted by Gasteiger charge is 2.29. The molecule has 2 aromatic rings. The minimum Gasteiger partial charge on any atom is -0.368 e. The van der Waals surface area contributed by atoms with Crippen molar-refractivity contribution in [2.24, 2.45) is 0 Å². The number of carbonyl (C=O) groups is 1. The van der Waals surface area contributed by atoms with Gasteiger partial charge in [0.1, 0.15) is 0 Å². The molecule has 8 heteroatoms. The van der Waals surface area contributed by atoms with Gasteiger partial charge in [-0.25, -0.2) is 0 Å². The van der Waals surface area contributed by atoms with Crippen LogP contribution in [-0.2, 0) is 4.79 Å². The SMILES string of the molecule is CC(NC(=O)CSc1nnc(N)n1C1CC1)c1ccccc1Cl. The average Bonchev–Trinajstić information content (AvgIpc) is 3.29. The van der Waals surface area contributed by atoms with Crippen LogP contribution in [0.25, 0.3) is 0 Å². The Balaban J connectivity index is 1.57. The Bertz CT molecular complexity index is 716. The van der Waals surface area contributed by atoms with Crippen LogP contribution in [0.3, 0.4) is 0 Å². The third-order valence-electron chi connectivity index (χ3n) is 3.68. The lowest BCUT2D eigenvalue weighted by Gasteiger charge is -2.15. The van der Waals surface area contributed by atoms with Gasteiger partial charge in [0.05, 0.1) is 11.8 Å². The first-order chi connectivity index (χ1) is 11.1. The maximum atomic E-state index is 12.2. The second kappa shape index (κ2) is 6.80. The molecule has 1 amide bonds. The molecule has 0 spiro atoms. The number of amides is 1. The van der Waals surface area contributed by atoms with Gasteiger partial charge in [-0.2, -0.15) is 0 Å². The third-order valence-corrected chi connectivity index (χ3v) is 4.97. The summed E-state index contributed by atoms with van der Waals surface area (Å²) in [5, 5.41) is 12.2. The molecule has 0 bridgehead atoms. The Morgan fingerprint density at radius 1 is 1.48 bits per heavy atom. The minimum atomic E-state index is -0.150. The maximum Gasteiger partial charge on any atom is 0.230 e. The van der Waals surface area contributed by atoms with Crippen LogP contribution in [0.4, 0.5) is 5.95 Å². The first-order valence-corrected chi connectivity index (χ1v) is 8.79. The molecule has 1 fully saturated rings. The van der Waals surface area contributed by atoms with Crippen LogP contribution >= 0.6 is 23.4 Å². The standard InChI is InChI=1S/C15H18ClN5OS/c1-9(11-4-2-3-5-12(11)16)18-13(22)8-23-15-20-19-14(17)21(15)10-6-7-10/h2-5,9-10H,6-8H2,1H3,(H2,17,19)(H,18,22). The monoisotopic (exact) mass is 351 g/mol. The van der Waals surface area contributed by atoms with Gasteiger partial charge in [0.25, 0.3) is 0 Å². The number of hydrogen-bond donors (Lipinski definition) is 2. The van der Waals surface area contributed by atoms with Crippen LogP contribution < -0.4 is 11.1 Å².